The number of carbonyl (C=O) groups excluding carboxylic acids is 1. The first-order valence-corrected chi connectivity index (χ1v) is 13.3. The molecule has 2 aliphatic heterocycles. The molecule has 7 heteroatoms. The Balaban J connectivity index is 1.16. The molecule has 1 amide bonds. The molecule has 4 aromatic rings. The summed E-state index contributed by atoms with van der Waals surface area (Å²) in [6, 6.07) is 17.5. The van der Waals surface area contributed by atoms with Crippen molar-refractivity contribution < 1.29 is 9.53 Å². The molecule has 0 spiro atoms. The maximum absolute atomic E-state index is 13.1. The molecular weight excluding hydrogens is 486 g/mol. The van der Waals surface area contributed by atoms with Crippen LogP contribution in [0.1, 0.15) is 47.3 Å². The van der Waals surface area contributed by atoms with Crippen molar-refractivity contribution in [1.29, 1.82) is 0 Å². The van der Waals surface area contributed by atoms with Crippen LogP contribution in [0.15, 0.2) is 85.0 Å². The topological polar surface area (TPSA) is 88.2 Å². The van der Waals surface area contributed by atoms with Crippen molar-refractivity contribution in [3.63, 3.8) is 0 Å². The van der Waals surface area contributed by atoms with E-state index < -0.39 is 0 Å². The Morgan fingerprint density at radius 2 is 1.69 bits per heavy atom. The van der Waals surface area contributed by atoms with Crippen molar-refractivity contribution in [3.05, 3.63) is 107 Å². The van der Waals surface area contributed by atoms with E-state index in [9.17, 15) is 4.79 Å². The summed E-state index contributed by atoms with van der Waals surface area (Å²) in [5.41, 5.74) is 11.3. The molecule has 2 aromatic carbocycles. The Labute approximate surface area is 228 Å². The van der Waals surface area contributed by atoms with Crippen LogP contribution in [0.5, 0.6) is 0 Å². The van der Waals surface area contributed by atoms with E-state index in [1.807, 2.05) is 60.9 Å². The van der Waals surface area contributed by atoms with Crippen LogP contribution in [0.4, 0.5) is 28.4 Å². The third kappa shape index (κ3) is 5.40. The van der Waals surface area contributed by atoms with Gasteiger partial charge in [0.2, 0.25) is 0 Å². The average molecular weight is 518 g/mol. The Kier molecular flexibility index (Phi) is 6.82. The second kappa shape index (κ2) is 10.7. The number of rotatable bonds is 5. The summed E-state index contributed by atoms with van der Waals surface area (Å²) in [5, 5.41) is 10.1. The molecule has 0 saturated heterocycles. The summed E-state index contributed by atoms with van der Waals surface area (Å²) in [5.74, 6) is -0.152. The maximum Gasteiger partial charge on any atom is 0.255 e. The number of hydrogen-bond acceptors (Lipinski definition) is 6. The minimum atomic E-state index is -0.152. The van der Waals surface area contributed by atoms with Gasteiger partial charge >= 0.3 is 0 Å². The first kappa shape index (κ1) is 24.8. The lowest BCUT2D eigenvalue weighted by molar-refractivity contribution is 0.0791. The Bertz CT molecular complexity index is 1560. The van der Waals surface area contributed by atoms with Crippen LogP contribution in [0, 0.1) is 0 Å². The highest BCUT2D eigenvalue weighted by atomic mass is 16.5. The van der Waals surface area contributed by atoms with Gasteiger partial charge in [-0.2, -0.15) is 0 Å². The highest BCUT2D eigenvalue weighted by Crippen LogP contribution is 2.35. The number of fused-ring (bicyclic) bond motifs is 2. The normalized spacial score (nSPS) is 16.4. The monoisotopic (exact) mass is 517 g/mol. The molecule has 0 saturated carbocycles. The molecular formula is C32H31N5O2. The van der Waals surface area contributed by atoms with Crippen molar-refractivity contribution in [3.8, 4) is 0 Å². The zero-order valence-electron chi connectivity index (χ0n) is 22.1. The van der Waals surface area contributed by atoms with Gasteiger partial charge in [0, 0.05) is 64.4 Å². The molecule has 0 unspecified atom stereocenters. The van der Waals surface area contributed by atoms with E-state index in [1.165, 1.54) is 22.3 Å². The number of carbonyl (C=O) groups is 1. The predicted octanol–water partition coefficient (Wildman–Crippen LogP) is 6.90. The fraction of sp³-hybridized carbons (Fsp3) is 0.219. The van der Waals surface area contributed by atoms with Gasteiger partial charge < -0.3 is 20.7 Å². The van der Waals surface area contributed by atoms with E-state index in [2.05, 4.69) is 45.8 Å². The van der Waals surface area contributed by atoms with E-state index in [-0.39, 0.29) is 12.0 Å². The van der Waals surface area contributed by atoms with Gasteiger partial charge in [0.15, 0.2) is 0 Å². The second-order valence-corrected chi connectivity index (χ2v) is 10.2. The summed E-state index contributed by atoms with van der Waals surface area (Å²) in [6.45, 7) is 4.85. The fourth-order valence-corrected chi connectivity index (χ4v) is 5.17. The van der Waals surface area contributed by atoms with Gasteiger partial charge in [0.1, 0.15) is 0 Å². The van der Waals surface area contributed by atoms with Crippen molar-refractivity contribution >= 4 is 39.9 Å². The van der Waals surface area contributed by atoms with Gasteiger partial charge in [-0.15, -0.1) is 0 Å². The van der Waals surface area contributed by atoms with Crippen molar-refractivity contribution in [2.75, 3.05) is 22.6 Å². The van der Waals surface area contributed by atoms with Gasteiger partial charge in [-0.25, -0.2) is 0 Å². The van der Waals surface area contributed by atoms with E-state index >= 15 is 0 Å². The lowest BCUT2D eigenvalue weighted by Gasteiger charge is -2.25. The third-order valence-electron chi connectivity index (χ3n) is 7.37. The molecule has 2 aliphatic rings. The van der Waals surface area contributed by atoms with Crippen LogP contribution >= 0.6 is 0 Å². The lowest BCUT2D eigenvalue weighted by atomic mass is 9.94. The Hall–Kier alpha value is -4.49. The highest BCUT2D eigenvalue weighted by molar-refractivity contribution is 6.04. The number of aryl methyl sites for hydroxylation is 2. The largest absolute Gasteiger partial charge is 0.374 e. The number of pyridine rings is 2. The summed E-state index contributed by atoms with van der Waals surface area (Å²) < 4.78 is 5.78. The van der Waals surface area contributed by atoms with Crippen molar-refractivity contribution in [2.45, 2.75) is 39.2 Å². The molecule has 196 valence electrons. The SMILES string of the molecule is CC1=C(c2cnccc2Nc2ccc(C(=O)Nc3ccc4c(c3)Nc3ccncc3CC4)cc2)C[C@H](C)OC1. The molecule has 0 radical (unpaired) electrons. The van der Waals surface area contributed by atoms with Crippen LogP contribution in [-0.2, 0) is 17.6 Å². The van der Waals surface area contributed by atoms with Gasteiger partial charge in [0.25, 0.3) is 5.91 Å². The van der Waals surface area contributed by atoms with Crippen LogP contribution in [0.3, 0.4) is 0 Å². The minimum Gasteiger partial charge on any atom is -0.374 e. The van der Waals surface area contributed by atoms with Crippen LogP contribution in [0.25, 0.3) is 5.57 Å². The van der Waals surface area contributed by atoms with E-state index in [0.717, 1.165) is 53.3 Å². The lowest BCUT2D eigenvalue weighted by Crippen LogP contribution is -2.18. The molecule has 39 heavy (non-hydrogen) atoms. The smallest absolute Gasteiger partial charge is 0.255 e. The zero-order valence-corrected chi connectivity index (χ0v) is 22.1. The standard InChI is InChI=1S/C32H31N5O2/c1-20-19-39-21(2)15-27(20)28-18-34-14-12-30(28)35-25-8-6-23(7-9-25)32(38)36-26-10-5-22-3-4-24-17-33-13-11-29(24)37-31(22)16-26/h5-14,16-18,21,37H,3-4,15,19H2,1-2H3,(H,34,35)(H,36,38)/t21-/m0/s1. The molecule has 0 bridgehead atoms. The zero-order chi connectivity index (χ0) is 26.8. The van der Waals surface area contributed by atoms with Gasteiger partial charge in [-0.1, -0.05) is 6.07 Å². The van der Waals surface area contributed by atoms with Gasteiger partial charge in [-0.05, 0) is 104 Å². The number of amides is 1. The molecule has 1 atom stereocenters. The number of aromatic nitrogens is 2. The van der Waals surface area contributed by atoms with E-state index in [4.69, 9.17) is 4.74 Å². The van der Waals surface area contributed by atoms with Crippen molar-refractivity contribution in [1.82, 2.24) is 9.97 Å². The molecule has 0 aliphatic carbocycles. The summed E-state index contributed by atoms with van der Waals surface area (Å²) >= 11 is 0. The number of hydrogen-bond donors (Lipinski definition) is 3. The van der Waals surface area contributed by atoms with E-state index in [0.29, 0.717) is 12.2 Å². The highest BCUT2D eigenvalue weighted by Gasteiger charge is 2.20. The molecule has 3 N–H and O–H groups in total. The van der Waals surface area contributed by atoms with Gasteiger partial charge in [-0.3, -0.25) is 14.8 Å². The average Bonchev–Trinajstić information content (AvgIpc) is 3.14. The Morgan fingerprint density at radius 1 is 0.923 bits per heavy atom. The summed E-state index contributed by atoms with van der Waals surface area (Å²) in [6.07, 6.45) is 10.3. The quantitative estimate of drug-likeness (QED) is 0.267. The van der Waals surface area contributed by atoms with Crippen LogP contribution < -0.4 is 16.0 Å². The summed E-state index contributed by atoms with van der Waals surface area (Å²) in [4.78, 5) is 21.7. The fourth-order valence-electron chi connectivity index (χ4n) is 5.17. The number of nitrogens with zero attached hydrogens (tertiary/aromatic N) is 2. The first-order valence-electron chi connectivity index (χ1n) is 13.3. The Morgan fingerprint density at radius 3 is 2.56 bits per heavy atom. The molecule has 2 aromatic heterocycles. The molecule has 6 rings (SSSR count). The molecule has 7 nitrogen and oxygen atoms in total. The summed E-state index contributed by atoms with van der Waals surface area (Å²) in [7, 11) is 0. The predicted molar refractivity (Wildman–Crippen MR) is 156 cm³/mol. The third-order valence-corrected chi connectivity index (χ3v) is 7.37. The molecule has 4 heterocycles. The maximum atomic E-state index is 13.1. The minimum absolute atomic E-state index is 0.152. The number of ether oxygens (including phenoxy) is 1. The van der Waals surface area contributed by atoms with Crippen LogP contribution in [-0.4, -0.2) is 28.6 Å². The van der Waals surface area contributed by atoms with Gasteiger partial charge in [0.05, 0.1) is 12.7 Å². The number of benzene rings is 2. The van der Waals surface area contributed by atoms with Crippen molar-refractivity contribution in [2.24, 2.45) is 0 Å². The first-order chi connectivity index (χ1) is 19.0. The van der Waals surface area contributed by atoms with E-state index in [1.54, 1.807) is 12.4 Å². The molecule has 0 fully saturated rings. The van der Waals surface area contributed by atoms with Crippen LogP contribution in [0.2, 0.25) is 0 Å². The number of nitrogens with one attached hydrogen (secondary N) is 3. The second-order valence-electron chi connectivity index (χ2n) is 10.2. The number of anilines is 5.